The van der Waals surface area contributed by atoms with Crippen LogP contribution in [0.2, 0.25) is 5.02 Å². The molecule has 0 unspecified atom stereocenters. The van der Waals surface area contributed by atoms with Gasteiger partial charge < -0.3 is 9.47 Å². The van der Waals surface area contributed by atoms with E-state index in [1.165, 1.54) is 16.7 Å². The van der Waals surface area contributed by atoms with Gasteiger partial charge in [0.25, 0.3) is 0 Å². The number of rotatable bonds is 7. The fourth-order valence-corrected chi connectivity index (χ4v) is 3.90. The van der Waals surface area contributed by atoms with Crippen LogP contribution in [0, 0.1) is 6.92 Å². The van der Waals surface area contributed by atoms with Crippen molar-refractivity contribution in [3.05, 3.63) is 102 Å². The average Bonchev–Trinajstić information content (AvgIpc) is 2.84. The average molecular weight is 457 g/mol. The van der Waals surface area contributed by atoms with Crippen molar-refractivity contribution in [2.45, 2.75) is 13.8 Å². The molecule has 4 rings (SSSR count). The molecule has 4 heteroatoms. The van der Waals surface area contributed by atoms with Gasteiger partial charge in [0, 0.05) is 10.6 Å². The van der Waals surface area contributed by atoms with Crippen LogP contribution in [0.25, 0.3) is 33.4 Å². The number of hydrogen-bond acceptors (Lipinski definition) is 3. The minimum atomic E-state index is -0.382. The molecule has 0 spiro atoms. The highest BCUT2D eigenvalue weighted by Gasteiger charge is 2.08. The fourth-order valence-electron chi connectivity index (χ4n) is 3.61. The largest absolute Gasteiger partial charge is 0.482 e. The van der Waals surface area contributed by atoms with Crippen molar-refractivity contribution in [2.24, 2.45) is 0 Å². The van der Waals surface area contributed by atoms with E-state index in [1.807, 2.05) is 36.4 Å². The maximum absolute atomic E-state index is 11.4. The number of carbonyl (C=O) groups excluding carboxylic acids is 1. The highest BCUT2D eigenvalue weighted by atomic mass is 35.5. The Hall–Kier alpha value is -3.56. The van der Waals surface area contributed by atoms with E-state index < -0.39 is 0 Å². The summed E-state index contributed by atoms with van der Waals surface area (Å²) >= 11 is 6.64. The van der Waals surface area contributed by atoms with E-state index in [0.29, 0.717) is 17.4 Å². The number of esters is 1. The molecule has 0 heterocycles. The van der Waals surface area contributed by atoms with Crippen molar-refractivity contribution in [3.63, 3.8) is 0 Å². The lowest BCUT2D eigenvalue weighted by molar-refractivity contribution is -0.145. The SMILES string of the molecule is CCOC(=O)COc1ccc(-c2ccc(-c3ccc(-c4ccc(C)cc4)cc3)cc2Cl)cc1. The molecular weight excluding hydrogens is 432 g/mol. The van der Waals surface area contributed by atoms with Gasteiger partial charge in [-0.15, -0.1) is 0 Å². The molecule has 0 aliphatic carbocycles. The van der Waals surface area contributed by atoms with Gasteiger partial charge in [-0.05, 0) is 59.9 Å². The molecule has 0 saturated heterocycles. The third-order valence-electron chi connectivity index (χ3n) is 5.40. The predicted octanol–water partition coefficient (Wildman–Crippen LogP) is 7.59. The standard InChI is InChI=1S/C29H25ClO3/c1-3-32-29(31)19-33-26-15-12-24(13-16-26)27-17-14-25(18-28(27)30)23-10-8-22(9-11-23)21-6-4-20(2)5-7-21/h4-18H,3,19H2,1-2H3. The van der Waals surface area contributed by atoms with E-state index in [-0.39, 0.29) is 12.6 Å². The molecule has 166 valence electrons. The Kier molecular flexibility index (Phi) is 7.11. The molecule has 0 atom stereocenters. The summed E-state index contributed by atoms with van der Waals surface area (Å²) in [5, 5.41) is 0.676. The van der Waals surface area contributed by atoms with Crippen LogP contribution in [0.4, 0.5) is 0 Å². The Morgan fingerprint density at radius 2 is 1.24 bits per heavy atom. The molecule has 3 nitrogen and oxygen atoms in total. The molecule has 4 aromatic carbocycles. The second kappa shape index (κ2) is 10.4. The first-order valence-electron chi connectivity index (χ1n) is 10.9. The molecule has 0 bridgehead atoms. The maximum Gasteiger partial charge on any atom is 0.344 e. The molecule has 0 amide bonds. The van der Waals surface area contributed by atoms with E-state index in [1.54, 1.807) is 6.92 Å². The Bertz CT molecular complexity index is 1230. The van der Waals surface area contributed by atoms with E-state index >= 15 is 0 Å². The van der Waals surface area contributed by atoms with Crippen molar-refractivity contribution in [1.29, 1.82) is 0 Å². The highest BCUT2D eigenvalue weighted by molar-refractivity contribution is 6.33. The first-order chi connectivity index (χ1) is 16.0. The molecule has 4 aromatic rings. The minimum Gasteiger partial charge on any atom is -0.482 e. The summed E-state index contributed by atoms with van der Waals surface area (Å²) in [4.78, 5) is 11.4. The molecule has 0 aromatic heterocycles. The third-order valence-corrected chi connectivity index (χ3v) is 5.71. The quantitative estimate of drug-likeness (QED) is 0.269. The number of hydrogen-bond donors (Lipinski definition) is 0. The van der Waals surface area contributed by atoms with Gasteiger partial charge in [0.15, 0.2) is 6.61 Å². The Morgan fingerprint density at radius 3 is 1.82 bits per heavy atom. The number of ether oxygens (including phenoxy) is 2. The fraction of sp³-hybridized carbons (Fsp3) is 0.138. The number of aryl methyl sites for hydroxylation is 1. The van der Waals surface area contributed by atoms with E-state index in [2.05, 4.69) is 61.5 Å². The zero-order chi connectivity index (χ0) is 23.2. The monoisotopic (exact) mass is 456 g/mol. The van der Waals surface area contributed by atoms with Crippen molar-refractivity contribution in [2.75, 3.05) is 13.2 Å². The van der Waals surface area contributed by atoms with Gasteiger partial charge >= 0.3 is 5.97 Å². The third kappa shape index (κ3) is 5.63. The van der Waals surface area contributed by atoms with Gasteiger partial charge in [0.05, 0.1) is 6.61 Å². The van der Waals surface area contributed by atoms with Gasteiger partial charge in [-0.2, -0.15) is 0 Å². The van der Waals surface area contributed by atoms with Crippen LogP contribution < -0.4 is 4.74 Å². The summed E-state index contributed by atoms with van der Waals surface area (Å²) in [6, 6.07) is 30.6. The maximum atomic E-state index is 11.4. The van der Waals surface area contributed by atoms with Gasteiger partial charge in [-0.3, -0.25) is 0 Å². The van der Waals surface area contributed by atoms with Crippen molar-refractivity contribution in [3.8, 4) is 39.1 Å². The Morgan fingerprint density at radius 1 is 0.727 bits per heavy atom. The molecule has 0 aliphatic heterocycles. The van der Waals surface area contributed by atoms with Crippen LogP contribution in [-0.4, -0.2) is 19.2 Å². The van der Waals surface area contributed by atoms with Crippen LogP contribution >= 0.6 is 11.6 Å². The van der Waals surface area contributed by atoms with Crippen molar-refractivity contribution >= 4 is 17.6 Å². The lowest BCUT2D eigenvalue weighted by atomic mass is 9.97. The van der Waals surface area contributed by atoms with E-state index in [0.717, 1.165) is 22.3 Å². The lowest BCUT2D eigenvalue weighted by Crippen LogP contribution is -2.14. The first kappa shape index (κ1) is 22.6. The second-order valence-electron chi connectivity index (χ2n) is 7.76. The van der Waals surface area contributed by atoms with Crippen LogP contribution in [-0.2, 0) is 9.53 Å². The van der Waals surface area contributed by atoms with E-state index in [9.17, 15) is 4.79 Å². The zero-order valence-electron chi connectivity index (χ0n) is 18.7. The van der Waals surface area contributed by atoms with Crippen LogP contribution in [0.5, 0.6) is 5.75 Å². The predicted molar refractivity (Wildman–Crippen MR) is 135 cm³/mol. The van der Waals surface area contributed by atoms with Gasteiger partial charge in [-0.1, -0.05) is 90.0 Å². The Labute approximate surface area is 199 Å². The molecule has 33 heavy (non-hydrogen) atoms. The minimum absolute atomic E-state index is 0.106. The van der Waals surface area contributed by atoms with Crippen LogP contribution in [0.15, 0.2) is 91.0 Å². The summed E-state index contributed by atoms with van der Waals surface area (Å²) in [5.41, 5.74) is 7.74. The molecule has 0 aliphatic rings. The summed E-state index contributed by atoms with van der Waals surface area (Å²) in [5.74, 6) is 0.223. The number of halogens is 1. The van der Waals surface area contributed by atoms with Gasteiger partial charge in [0.2, 0.25) is 0 Å². The normalized spacial score (nSPS) is 10.6. The second-order valence-corrected chi connectivity index (χ2v) is 8.16. The summed E-state index contributed by atoms with van der Waals surface area (Å²) in [7, 11) is 0. The molecular formula is C29H25ClO3. The zero-order valence-corrected chi connectivity index (χ0v) is 19.4. The van der Waals surface area contributed by atoms with Crippen LogP contribution in [0.3, 0.4) is 0 Å². The first-order valence-corrected chi connectivity index (χ1v) is 11.3. The van der Waals surface area contributed by atoms with Gasteiger partial charge in [-0.25, -0.2) is 4.79 Å². The number of benzene rings is 4. The molecule has 0 fully saturated rings. The van der Waals surface area contributed by atoms with E-state index in [4.69, 9.17) is 21.1 Å². The molecule has 0 radical (unpaired) electrons. The Balaban J connectivity index is 1.48. The number of carbonyl (C=O) groups is 1. The lowest BCUT2D eigenvalue weighted by Gasteiger charge is -2.10. The highest BCUT2D eigenvalue weighted by Crippen LogP contribution is 2.34. The summed E-state index contributed by atoms with van der Waals surface area (Å²) in [6.07, 6.45) is 0. The van der Waals surface area contributed by atoms with Crippen LogP contribution in [0.1, 0.15) is 12.5 Å². The van der Waals surface area contributed by atoms with Crippen molar-refractivity contribution in [1.82, 2.24) is 0 Å². The smallest absolute Gasteiger partial charge is 0.344 e. The summed E-state index contributed by atoms with van der Waals surface area (Å²) in [6.45, 7) is 4.09. The topological polar surface area (TPSA) is 35.5 Å². The van der Waals surface area contributed by atoms with Crippen molar-refractivity contribution < 1.29 is 14.3 Å². The molecule has 0 N–H and O–H groups in total. The summed E-state index contributed by atoms with van der Waals surface area (Å²) < 4.78 is 10.3. The molecule has 0 saturated carbocycles. The van der Waals surface area contributed by atoms with Gasteiger partial charge in [0.1, 0.15) is 5.75 Å².